The van der Waals surface area contributed by atoms with E-state index in [0.717, 1.165) is 29.5 Å². The number of hydrogen-bond acceptors (Lipinski definition) is 4. The lowest BCUT2D eigenvalue weighted by molar-refractivity contribution is 0.410. The summed E-state index contributed by atoms with van der Waals surface area (Å²) < 4.78 is 29.3. The third-order valence-electron chi connectivity index (χ3n) is 4.05. The van der Waals surface area contributed by atoms with Crippen LogP contribution in [0.2, 0.25) is 0 Å². The number of nitrogens with one attached hydrogen (secondary N) is 1. The smallest absolute Gasteiger partial charge is 0.150 e. The van der Waals surface area contributed by atoms with Gasteiger partial charge < -0.3 is 10.1 Å². The van der Waals surface area contributed by atoms with Crippen LogP contribution in [0.1, 0.15) is 18.4 Å². The van der Waals surface area contributed by atoms with Gasteiger partial charge in [-0.2, -0.15) is 0 Å². The van der Waals surface area contributed by atoms with E-state index in [0.29, 0.717) is 17.5 Å². The molecule has 0 saturated carbocycles. The molecule has 0 bridgehead atoms. The maximum atomic E-state index is 11.5. The average molecular weight is 376 g/mol. The SMILES string of the molecule is CNC(Cc1ccc(OC)c(Br)c1)CC1CCS(=O)(=O)C1. The van der Waals surface area contributed by atoms with Crippen molar-refractivity contribution < 1.29 is 13.2 Å². The predicted molar refractivity (Wildman–Crippen MR) is 88.6 cm³/mol. The van der Waals surface area contributed by atoms with Crippen molar-refractivity contribution in [2.75, 3.05) is 25.7 Å². The van der Waals surface area contributed by atoms with Crippen LogP contribution in [0.3, 0.4) is 0 Å². The Bertz CT molecular complexity index is 589. The third-order valence-corrected chi connectivity index (χ3v) is 6.51. The number of rotatable bonds is 6. The Morgan fingerprint density at radius 3 is 2.76 bits per heavy atom. The second-order valence-corrected chi connectivity index (χ2v) is 8.75. The fraction of sp³-hybridized carbons (Fsp3) is 0.600. The van der Waals surface area contributed by atoms with Crippen molar-refractivity contribution in [1.82, 2.24) is 5.32 Å². The van der Waals surface area contributed by atoms with Crippen LogP contribution in [0.4, 0.5) is 0 Å². The highest BCUT2D eigenvalue weighted by Gasteiger charge is 2.29. The van der Waals surface area contributed by atoms with Crippen LogP contribution >= 0.6 is 15.9 Å². The van der Waals surface area contributed by atoms with Crippen molar-refractivity contribution in [3.63, 3.8) is 0 Å². The molecule has 1 aliphatic heterocycles. The number of sulfone groups is 1. The topological polar surface area (TPSA) is 55.4 Å². The van der Waals surface area contributed by atoms with Gasteiger partial charge in [0.15, 0.2) is 9.84 Å². The second-order valence-electron chi connectivity index (χ2n) is 5.66. The van der Waals surface area contributed by atoms with Crippen molar-refractivity contribution >= 4 is 25.8 Å². The largest absolute Gasteiger partial charge is 0.496 e. The average Bonchev–Trinajstić information content (AvgIpc) is 2.77. The fourth-order valence-corrected chi connectivity index (χ4v) is 5.35. The van der Waals surface area contributed by atoms with E-state index < -0.39 is 9.84 Å². The van der Waals surface area contributed by atoms with Gasteiger partial charge in [0.1, 0.15) is 5.75 Å². The minimum atomic E-state index is -2.79. The molecule has 0 aliphatic carbocycles. The van der Waals surface area contributed by atoms with E-state index in [4.69, 9.17) is 4.74 Å². The second kappa shape index (κ2) is 7.11. The third kappa shape index (κ3) is 4.69. The van der Waals surface area contributed by atoms with E-state index in [1.807, 2.05) is 13.1 Å². The van der Waals surface area contributed by atoms with Crippen molar-refractivity contribution in [2.24, 2.45) is 5.92 Å². The molecule has 0 spiro atoms. The minimum absolute atomic E-state index is 0.286. The van der Waals surface area contributed by atoms with Crippen LogP contribution in [0, 0.1) is 5.92 Å². The summed E-state index contributed by atoms with van der Waals surface area (Å²) in [6, 6.07) is 6.36. The summed E-state index contributed by atoms with van der Waals surface area (Å²) in [6.07, 6.45) is 2.59. The Morgan fingerprint density at radius 2 is 2.24 bits per heavy atom. The molecule has 21 heavy (non-hydrogen) atoms. The predicted octanol–water partition coefficient (Wildman–Crippen LogP) is 2.41. The van der Waals surface area contributed by atoms with E-state index >= 15 is 0 Å². The summed E-state index contributed by atoms with van der Waals surface area (Å²) in [4.78, 5) is 0. The summed E-state index contributed by atoms with van der Waals surface area (Å²) in [6.45, 7) is 0. The zero-order valence-corrected chi connectivity index (χ0v) is 14.8. The molecule has 1 N–H and O–H groups in total. The molecule has 1 saturated heterocycles. The molecule has 6 heteroatoms. The van der Waals surface area contributed by atoms with Gasteiger partial charge in [-0.15, -0.1) is 0 Å². The van der Waals surface area contributed by atoms with Gasteiger partial charge in [-0.1, -0.05) is 6.07 Å². The molecule has 1 heterocycles. The van der Waals surface area contributed by atoms with Crippen LogP contribution in [0.25, 0.3) is 0 Å². The van der Waals surface area contributed by atoms with Gasteiger partial charge in [0, 0.05) is 6.04 Å². The molecule has 0 radical (unpaired) electrons. The standard InChI is InChI=1S/C15H22BrNO3S/c1-17-13(8-12-5-6-21(18,19)10-12)7-11-3-4-15(20-2)14(16)9-11/h3-4,9,12-13,17H,5-8,10H2,1-2H3. The normalized spacial score (nSPS) is 22.1. The highest BCUT2D eigenvalue weighted by molar-refractivity contribution is 9.10. The Hall–Kier alpha value is -0.590. The summed E-state index contributed by atoms with van der Waals surface area (Å²) in [5, 5.41) is 3.31. The molecular formula is C15H22BrNO3S. The number of ether oxygens (including phenoxy) is 1. The first-order valence-corrected chi connectivity index (χ1v) is 9.75. The number of methoxy groups -OCH3 is 1. The van der Waals surface area contributed by atoms with Gasteiger partial charge in [0.2, 0.25) is 0 Å². The summed E-state index contributed by atoms with van der Waals surface area (Å²) >= 11 is 3.50. The maximum absolute atomic E-state index is 11.5. The van der Waals surface area contributed by atoms with Gasteiger partial charge in [0.25, 0.3) is 0 Å². The Kier molecular flexibility index (Phi) is 5.68. The highest BCUT2D eigenvalue weighted by Crippen LogP contribution is 2.28. The lowest BCUT2D eigenvalue weighted by Gasteiger charge is -2.20. The Labute approximate surface area is 135 Å². The van der Waals surface area contributed by atoms with Crippen LogP contribution in [-0.4, -0.2) is 40.1 Å². The molecule has 1 aliphatic rings. The molecule has 1 fully saturated rings. The molecule has 0 amide bonds. The molecule has 118 valence electrons. The summed E-state index contributed by atoms with van der Waals surface area (Å²) in [5.41, 5.74) is 1.21. The van der Waals surface area contributed by atoms with Crippen molar-refractivity contribution in [3.8, 4) is 5.75 Å². The zero-order valence-electron chi connectivity index (χ0n) is 12.4. The van der Waals surface area contributed by atoms with E-state index in [-0.39, 0.29) is 5.92 Å². The first kappa shape index (κ1) is 16.8. The summed E-state index contributed by atoms with van der Waals surface area (Å²) in [7, 11) is 0.797. The van der Waals surface area contributed by atoms with Gasteiger partial charge >= 0.3 is 0 Å². The van der Waals surface area contributed by atoms with E-state index in [9.17, 15) is 8.42 Å². The van der Waals surface area contributed by atoms with Crippen LogP contribution in [-0.2, 0) is 16.3 Å². The monoisotopic (exact) mass is 375 g/mol. The van der Waals surface area contributed by atoms with E-state index in [2.05, 4.69) is 33.4 Å². The van der Waals surface area contributed by atoms with Crippen molar-refractivity contribution in [3.05, 3.63) is 28.2 Å². The minimum Gasteiger partial charge on any atom is -0.496 e. The van der Waals surface area contributed by atoms with Crippen LogP contribution in [0.15, 0.2) is 22.7 Å². The first-order chi connectivity index (χ1) is 9.93. The van der Waals surface area contributed by atoms with Gasteiger partial charge in [-0.05, 0) is 65.9 Å². The molecule has 2 atom stereocenters. The lowest BCUT2D eigenvalue weighted by atomic mass is 9.95. The maximum Gasteiger partial charge on any atom is 0.150 e. The molecule has 1 aromatic carbocycles. The van der Waals surface area contributed by atoms with Gasteiger partial charge in [-0.3, -0.25) is 0 Å². The van der Waals surface area contributed by atoms with E-state index in [1.165, 1.54) is 5.56 Å². The molecular weight excluding hydrogens is 354 g/mol. The number of likely N-dealkylation sites (N-methyl/N-ethyl adjacent to an activating group) is 1. The van der Waals surface area contributed by atoms with E-state index in [1.54, 1.807) is 7.11 Å². The highest BCUT2D eigenvalue weighted by atomic mass is 79.9. The number of benzene rings is 1. The molecule has 2 unspecified atom stereocenters. The Balaban J connectivity index is 1.97. The molecule has 4 nitrogen and oxygen atoms in total. The van der Waals surface area contributed by atoms with Crippen molar-refractivity contribution in [1.29, 1.82) is 0 Å². The van der Waals surface area contributed by atoms with Crippen LogP contribution < -0.4 is 10.1 Å². The lowest BCUT2D eigenvalue weighted by Crippen LogP contribution is -2.30. The van der Waals surface area contributed by atoms with Gasteiger partial charge in [0.05, 0.1) is 23.1 Å². The number of hydrogen-bond donors (Lipinski definition) is 1. The van der Waals surface area contributed by atoms with Crippen LogP contribution in [0.5, 0.6) is 5.75 Å². The zero-order chi connectivity index (χ0) is 15.5. The first-order valence-electron chi connectivity index (χ1n) is 7.13. The molecule has 0 aromatic heterocycles. The molecule has 1 aromatic rings. The quantitative estimate of drug-likeness (QED) is 0.829. The fourth-order valence-electron chi connectivity index (χ4n) is 2.88. The Morgan fingerprint density at radius 1 is 1.48 bits per heavy atom. The number of halogens is 1. The molecule has 2 rings (SSSR count). The van der Waals surface area contributed by atoms with Gasteiger partial charge in [-0.25, -0.2) is 8.42 Å². The van der Waals surface area contributed by atoms with Crippen molar-refractivity contribution in [2.45, 2.75) is 25.3 Å². The summed E-state index contributed by atoms with van der Waals surface area (Å²) in [5.74, 6) is 1.80.